The Morgan fingerprint density at radius 1 is 1.17 bits per heavy atom. The number of carbonyl (C=O) groups excluding carboxylic acids is 2. The molecule has 0 aromatic carbocycles. The fraction of sp³-hybridized carbons (Fsp3) is 0.625. The van der Waals surface area contributed by atoms with Gasteiger partial charge in [-0.25, -0.2) is 4.79 Å². The average Bonchev–Trinajstić information content (AvgIpc) is 3.32. The van der Waals surface area contributed by atoms with Gasteiger partial charge in [0.2, 0.25) is 5.91 Å². The molecule has 13 heteroatoms. The molecule has 7 nitrogen and oxygen atoms in total. The highest BCUT2D eigenvalue weighted by Crippen LogP contribution is 2.59. The van der Waals surface area contributed by atoms with E-state index in [1.807, 2.05) is 0 Å². The van der Waals surface area contributed by atoms with E-state index in [1.54, 1.807) is 12.1 Å². The zero-order chi connectivity index (χ0) is 21.4. The first kappa shape index (κ1) is 21.1. The van der Waals surface area contributed by atoms with Gasteiger partial charge in [-0.15, -0.1) is 5.10 Å². The lowest BCUT2D eigenvalue weighted by Crippen LogP contribution is -2.49. The van der Waals surface area contributed by atoms with Crippen LogP contribution in [-0.4, -0.2) is 58.6 Å². The van der Waals surface area contributed by atoms with Crippen LogP contribution in [0.25, 0.3) is 0 Å². The minimum atomic E-state index is -5.76. The van der Waals surface area contributed by atoms with Gasteiger partial charge in [-0.2, -0.15) is 31.4 Å². The van der Waals surface area contributed by atoms with Gasteiger partial charge in [-0.3, -0.25) is 4.79 Å². The highest BCUT2D eigenvalue weighted by molar-refractivity contribution is 5.94. The van der Waals surface area contributed by atoms with Gasteiger partial charge in [0.25, 0.3) is 6.10 Å². The Labute approximate surface area is 160 Å². The molecule has 1 N–H and O–H groups in total. The van der Waals surface area contributed by atoms with Crippen molar-refractivity contribution in [1.29, 1.82) is 0 Å². The van der Waals surface area contributed by atoms with E-state index in [-0.39, 0.29) is 43.6 Å². The molecule has 1 aliphatic heterocycles. The van der Waals surface area contributed by atoms with Crippen LogP contribution >= 0.6 is 0 Å². The summed E-state index contributed by atoms with van der Waals surface area (Å²) >= 11 is 0. The van der Waals surface area contributed by atoms with Crippen LogP contribution in [0.2, 0.25) is 0 Å². The van der Waals surface area contributed by atoms with Crippen molar-refractivity contribution in [3.8, 4) is 0 Å². The molecule has 1 saturated heterocycles. The molecule has 0 bridgehead atoms. The molecule has 1 saturated carbocycles. The van der Waals surface area contributed by atoms with Crippen LogP contribution in [0.1, 0.15) is 19.3 Å². The minimum absolute atomic E-state index is 0.101. The molecule has 1 atom stereocenters. The predicted octanol–water partition coefficient (Wildman–Crippen LogP) is 3.15. The van der Waals surface area contributed by atoms with E-state index in [2.05, 4.69) is 20.3 Å². The Bertz CT molecular complexity index is 748. The summed E-state index contributed by atoms with van der Waals surface area (Å²) in [5.74, 6) is -0.401. The molecule has 1 aromatic heterocycles. The molecule has 3 rings (SSSR count). The maximum atomic E-state index is 12.5. The van der Waals surface area contributed by atoms with Crippen LogP contribution < -0.4 is 5.32 Å². The molecular weight excluding hydrogens is 410 g/mol. The second kappa shape index (κ2) is 7.34. The van der Waals surface area contributed by atoms with Crippen LogP contribution in [0.4, 0.5) is 37.0 Å². The third kappa shape index (κ3) is 4.70. The number of nitrogens with one attached hydrogen (secondary N) is 1. The first-order valence-corrected chi connectivity index (χ1v) is 8.60. The van der Waals surface area contributed by atoms with Gasteiger partial charge in [0.1, 0.15) is 0 Å². The highest BCUT2D eigenvalue weighted by atomic mass is 19.4. The predicted molar refractivity (Wildman–Crippen MR) is 84.4 cm³/mol. The van der Waals surface area contributed by atoms with Gasteiger partial charge in [-0.05, 0) is 36.8 Å². The zero-order valence-corrected chi connectivity index (χ0v) is 14.8. The molecule has 1 aliphatic carbocycles. The molecule has 1 spiro atoms. The van der Waals surface area contributed by atoms with Crippen molar-refractivity contribution >= 4 is 17.8 Å². The van der Waals surface area contributed by atoms with E-state index in [0.29, 0.717) is 6.42 Å². The lowest BCUT2D eigenvalue weighted by atomic mass is 9.91. The van der Waals surface area contributed by atoms with Crippen molar-refractivity contribution < 1.29 is 40.7 Å². The Morgan fingerprint density at radius 2 is 1.79 bits per heavy atom. The molecule has 29 heavy (non-hydrogen) atoms. The first-order valence-electron chi connectivity index (χ1n) is 8.60. The van der Waals surface area contributed by atoms with Crippen molar-refractivity contribution in [2.75, 3.05) is 18.4 Å². The smallest absolute Gasteiger partial charge is 0.426 e. The lowest BCUT2D eigenvalue weighted by molar-refractivity contribution is -0.308. The van der Waals surface area contributed by atoms with Crippen LogP contribution in [-0.2, 0) is 9.53 Å². The quantitative estimate of drug-likeness (QED) is 0.751. The number of likely N-dealkylation sites (tertiary alicyclic amines) is 1. The number of aromatic nitrogens is 2. The van der Waals surface area contributed by atoms with Gasteiger partial charge in [0, 0.05) is 25.2 Å². The van der Waals surface area contributed by atoms with E-state index >= 15 is 0 Å². The normalized spacial score (nSPS) is 21.2. The number of alkyl halides is 6. The fourth-order valence-corrected chi connectivity index (χ4v) is 3.48. The first-order chi connectivity index (χ1) is 13.4. The fourth-order valence-electron chi connectivity index (χ4n) is 3.48. The highest BCUT2D eigenvalue weighted by Gasteiger charge is 2.61. The monoisotopic (exact) mass is 426 g/mol. The second-order valence-corrected chi connectivity index (χ2v) is 7.05. The molecule has 0 radical (unpaired) electrons. The Morgan fingerprint density at radius 3 is 2.31 bits per heavy atom. The van der Waals surface area contributed by atoms with E-state index < -0.39 is 30.0 Å². The summed E-state index contributed by atoms with van der Waals surface area (Å²) in [5.41, 5.74) is -0.434. The Hall–Kier alpha value is -2.60. The number of carbonyl (C=O) groups is 2. The van der Waals surface area contributed by atoms with Crippen molar-refractivity contribution in [2.24, 2.45) is 11.3 Å². The largest absolute Gasteiger partial charge is 0.434 e. The SMILES string of the molecule is O=C(Nc1cccnn1)[C@H]1CC12CCN(C(=O)OC(C(F)(F)F)C(F)(F)F)CC2. The van der Waals surface area contributed by atoms with Crippen LogP contribution in [0, 0.1) is 11.3 Å². The second-order valence-electron chi connectivity index (χ2n) is 7.05. The van der Waals surface area contributed by atoms with E-state index in [1.165, 1.54) is 6.20 Å². The van der Waals surface area contributed by atoms with E-state index in [4.69, 9.17) is 0 Å². The number of rotatable bonds is 3. The number of hydrogen-bond acceptors (Lipinski definition) is 5. The number of nitrogens with zero attached hydrogens (tertiary/aromatic N) is 3. The van der Waals surface area contributed by atoms with Crippen molar-refractivity contribution in [3.05, 3.63) is 18.3 Å². The summed E-state index contributed by atoms with van der Waals surface area (Å²) in [6, 6.07) is 3.14. The van der Waals surface area contributed by atoms with Crippen molar-refractivity contribution in [1.82, 2.24) is 15.1 Å². The number of hydrogen-bond donors (Lipinski definition) is 1. The van der Waals surface area contributed by atoms with Gasteiger partial charge in [0.15, 0.2) is 5.82 Å². The molecule has 2 heterocycles. The summed E-state index contributed by atoms with van der Waals surface area (Å²) in [4.78, 5) is 24.9. The summed E-state index contributed by atoms with van der Waals surface area (Å²) in [7, 11) is 0. The maximum Gasteiger partial charge on any atom is 0.434 e. The zero-order valence-electron chi connectivity index (χ0n) is 14.8. The molecule has 1 aromatic rings. The third-order valence-electron chi connectivity index (χ3n) is 5.16. The summed E-state index contributed by atoms with van der Waals surface area (Å²) in [6.45, 7) is -0.202. The van der Waals surface area contributed by atoms with Gasteiger partial charge >= 0.3 is 18.4 Å². The summed E-state index contributed by atoms with van der Waals surface area (Å²) in [5, 5.41) is 9.96. The molecule has 160 valence electrons. The number of piperidine rings is 1. The molecule has 0 unspecified atom stereocenters. The van der Waals surface area contributed by atoms with Gasteiger partial charge in [0.05, 0.1) is 0 Å². The lowest BCUT2D eigenvalue weighted by Gasteiger charge is -2.33. The molecular formula is C16H16F6N4O3. The van der Waals surface area contributed by atoms with Crippen LogP contribution in [0.15, 0.2) is 18.3 Å². The minimum Gasteiger partial charge on any atom is -0.426 e. The molecule has 2 amide bonds. The van der Waals surface area contributed by atoms with Crippen molar-refractivity contribution in [3.63, 3.8) is 0 Å². The number of amides is 2. The van der Waals surface area contributed by atoms with Gasteiger partial charge in [-0.1, -0.05) is 0 Å². The van der Waals surface area contributed by atoms with Crippen LogP contribution in [0.5, 0.6) is 0 Å². The average molecular weight is 426 g/mol. The number of ether oxygens (including phenoxy) is 1. The standard InChI is InChI=1S/C16H16F6N4O3/c17-15(18,19)12(16(20,21)22)29-13(28)26-6-3-14(4-7-26)8-9(14)11(27)24-10-2-1-5-23-25-10/h1-2,5,9,12H,3-4,6-8H2,(H,24,25,27)/t9-/m1/s1. The third-order valence-corrected chi connectivity index (χ3v) is 5.16. The van der Waals surface area contributed by atoms with E-state index in [9.17, 15) is 35.9 Å². The van der Waals surface area contributed by atoms with E-state index in [0.717, 1.165) is 4.90 Å². The van der Waals surface area contributed by atoms with Crippen molar-refractivity contribution in [2.45, 2.75) is 37.7 Å². The topological polar surface area (TPSA) is 84.4 Å². The number of anilines is 1. The molecule has 2 aliphatic rings. The summed E-state index contributed by atoms with van der Waals surface area (Å²) in [6.07, 6.45) is -14.9. The Kier molecular flexibility index (Phi) is 5.34. The summed E-state index contributed by atoms with van der Waals surface area (Å²) < 4.78 is 78.9. The maximum absolute atomic E-state index is 12.5. The van der Waals surface area contributed by atoms with Gasteiger partial charge < -0.3 is 15.0 Å². The van der Waals surface area contributed by atoms with Crippen LogP contribution in [0.3, 0.4) is 0 Å². The molecule has 2 fully saturated rings. The Balaban J connectivity index is 1.53. The number of halogens is 6.